The Morgan fingerprint density at radius 3 is 2.52 bits per heavy atom. The maximum absolute atomic E-state index is 11.6. The Morgan fingerprint density at radius 1 is 1.24 bits per heavy atom. The van der Waals surface area contributed by atoms with Gasteiger partial charge in [0.25, 0.3) is 0 Å². The van der Waals surface area contributed by atoms with E-state index in [1.54, 1.807) is 7.05 Å². The molecular formula is C23H37IN4O. The van der Waals surface area contributed by atoms with Crippen molar-refractivity contribution < 1.29 is 4.79 Å². The minimum Gasteiger partial charge on any atom is -0.359 e. The van der Waals surface area contributed by atoms with Crippen LogP contribution < -0.4 is 10.6 Å². The number of aryl methyl sites for hydroxylation is 1. The number of nitrogens with one attached hydrogen (secondary N) is 2. The minimum absolute atomic E-state index is 0. The number of nitrogens with zero attached hydrogens (tertiary/aromatic N) is 2. The molecule has 0 aromatic heterocycles. The number of rotatable bonds is 5. The molecule has 2 fully saturated rings. The van der Waals surface area contributed by atoms with Crippen molar-refractivity contribution in [1.82, 2.24) is 15.5 Å². The van der Waals surface area contributed by atoms with Gasteiger partial charge in [-0.25, -0.2) is 0 Å². The van der Waals surface area contributed by atoms with E-state index in [1.807, 2.05) is 7.05 Å². The lowest BCUT2D eigenvalue weighted by molar-refractivity contribution is -0.121. The molecule has 3 rings (SSSR count). The normalized spacial score (nSPS) is 19.6. The predicted octanol–water partition coefficient (Wildman–Crippen LogP) is 3.85. The summed E-state index contributed by atoms with van der Waals surface area (Å²) in [7, 11) is 3.60. The van der Waals surface area contributed by atoms with Crippen LogP contribution in [0.2, 0.25) is 0 Å². The van der Waals surface area contributed by atoms with Gasteiger partial charge in [-0.1, -0.05) is 42.7 Å². The zero-order chi connectivity index (χ0) is 20.0. The molecule has 1 aromatic carbocycles. The van der Waals surface area contributed by atoms with E-state index >= 15 is 0 Å². The van der Waals surface area contributed by atoms with Gasteiger partial charge in [-0.3, -0.25) is 9.79 Å². The molecule has 0 spiro atoms. The second-order valence-electron chi connectivity index (χ2n) is 8.57. The Bertz CT molecular complexity index is 692. The molecule has 0 radical (unpaired) electrons. The van der Waals surface area contributed by atoms with E-state index < -0.39 is 0 Å². The van der Waals surface area contributed by atoms with Crippen LogP contribution in [0.3, 0.4) is 0 Å². The van der Waals surface area contributed by atoms with E-state index in [2.05, 4.69) is 51.7 Å². The lowest BCUT2D eigenvalue weighted by Crippen LogP contribution is -2.49. The molecule has 6 heteroatoms. The third-order valence-corrected chi connectivity index (χ3v) is 6.65. The van der Waals surface area contributed by atoms with Crippen LogP contribution >= 0.6 is 24.0 Å². The van der Waals surface area contributed by atoms with Gasteiger partial charge in [-0.2, -0.15) is 0 Å². The van der Waals surface area contributed by atoms with Crippen LogP contribution in [0, 0.1) is 12.8 Å². The fourth-order valence-electron chi connectivity index (χ4n) is 4.89. The standard InChI is InChI=1S/C23H36N4O.HI/c1-18-7-6-8-20(15-18)23(11-4-5-12-23)17-26-22(25-3)27-13-9-19(10-14-27)16-21(28)24-2;/h6-8,15,19H,4-5,9-14,16-17H2,1-3H3,(H,24,28)(H,25,26);1H. The number of likely N-dealkylation sites (tertiary alicyclic amines) is 1. The number of halogens is 1. The third kappa shape index (κ3) is 6.09. The Balaban J connectivity index is 0.00000300. The Morgan fingerprint density at radius 2 is 1.93 bits per heavy atom. The molecule has 29 heavy (non-hydrogen) atoms. The highest BCUT2D eigenvalue weighted by molar-refractivity contribution is 14.0. The van der Waals surface area contributed by atoms with Crippen LogP contribution in [0.4, 0.5) is 0 Å². The molecule has 1 aliphatic carbocycles. The first-order chi connectivity index (χ1) is 13.6. The zero-order valence-corrected chi connectivity index (χ0v) is 20.5. The summed E-state index contributed by atoms with van der Waals surface area (Å²) in [4.78, 5) is 18.6. The second kappa shape index (κ2) is 11.2. The van der Waals surface area contributed by atoms with Crippen molar-refractivity contribution in [2.45, 2.75) is 57.3 Å². The number of amides is 1. The molecule has 5 nitrogen and oxygen atoms in total. The molecule has 2 N–H and O–H groups in total. The molecule has 162 valence electrons. The summed E-state index contributed by atoms with van der Waals surface area (Å²) in [5.41, 5.74) is 3.03. The molecule has 0 unspecified atom stereocenters. The van der Waals surface area contributed by atoms with Crippen molar-refractivity contribution in [3.63, 3.8) is 0 Å². The van der Waals surface area contributed by atoms with Gasteiger partial charge in [-0.15, -0.1) is 24.0 Å². The number of piperidine rings is 1. The molecule has 1 amide bonds. The van der Waals surface area contributed by atoms with E-state index in [0.29, 0.717) is 12.3 Å². The van der Waals surface area contributed by atoms with Crippen molar-refractivity contribution in [1.29, 1.82) is 0 Å². The summed E-state index contributed by atoms with van der Waals surface area (Å²) < 4.78 is 0. The van der Waals surface area contributed by atoms with Crippen LogP contribution in [0.15, 0.2) is 29.3 Å². The number of carbonyl (C=O) groups is 1. The number of hydrogen-bond acceptors (Lipinski definition) is 2. The van der Waals surface area contributed by atoms with Crippen LogP contribution in [0.1, 0.15) is 56.1 Å². The molecule has 1 saturated heterocycles. The van der Waals surface area contributed by atoms with E-state index in [1.165, 1.54) is 36.8 Å². The summed E-state index contributed by atoms with van der Waals surface area (Å²) in [6, 6.07) is 9.03. The summed E-state index contributed by atoms with van der Waals surface area (Å²) in [5, 5.41) is 6.45. The van der Waals surface area contributed by atoms with Crippen molar-refractivity contribution in [2.24, 2.45) is 10.9 Å². The first-order valence-electron chi connectivity index (χ1n) is 10.8. The molecular weight excluding hydrogens is 475 g/mol. The van der Waals surface area contributed by atoms with E-state index in [9.17, 15) is 4.79 Å². The summed E-state index contributed by atoms with van der Waals surface area (Å²) >= 11 is 0. The zero-order valence-electron chi connectivity index (χ0n) is 18.2. The lowest BCUT2D eigenvalue weighted by atomic mass is 9.78. The summed E-state index contributed by atoms with van der Waals surface area (Å²) in [6.07, 6.45) is 7.85. The molecule has 1 saturated carbocycles. The van der Waals surface area contributed by atoms with Crippen molar-refractivity contribution in [3.8, 4) is 0 Å². The maximum Gasteiger partial charge on any atom is 0.220 e. The van der Waals surface area contributed by atoms with Crippen LogP contribution in [-0.4, -0.2) is 50.5 Å². The highest BCUT2D eigenvalue weighted by Gasteiger charge is 2.36. The average molecular weight is 512 g/mol. The average Bonchev–Trinajstić information content (AvgIpc) is 3.20. The maximum atomic E-state index is 11.6. The number of benzene rings is 1. The van der Waals surface area contributed by atoms with Gasteiger partial charge >= 0.3 is 0 Å². The van der Waals surface area contributed by atoms with Gasteiger partial charge in [0.2, 0.25) is 5.91 Å². The highest BCUT2D eigenvalue weighted by atomic mass is 127. The lowest BCUT2D eigenvalue weighted by Gasteiger charge is -2.36. The van der Waals surface area contributed by atoms with Crippen LogP contribution in [-0.2, 0) is 10.2 Å². The summed E-state index contributed by atoms with van der Waals surface area (Å²) in [6.45, 7) is 5.07. The minimum atomic E-state index is 0. The number of guanidine groups is 1. The van der Waals surface area contributed by atoms with Gasteiger partial charge in [0, 0.05) is 45.6 Å². The van der Waals surface area contributed by atoms with Crippen LogP contribution in [0.25, 0.3) is 0 Å². The van der Waals surface area contributed by atoms with Gasteiger partial charge in [0.1, 0.15) is 0 Å². The smallest absolute Gasteiger partial charge is 0.220 e. The largest absolute Gasteiger partial charge is 0.359 e. The predicted molar refractivity (Wildman–Crippen MR) is 131 cm³/mol. The molecule has 1 aromatic rings. The van der Waals surface area contributed by atoms with E-state index in [4.69, 9.17) is 0 Å². The molecule has 0 atom stereocenters. The summed E-state index contributed by atoms with van der Waals surface area (Å²) in [5.74, 6) is 1.65. The molecule has 0 bridgehead atoms. The first-order valence-corrected chi connectivity index (χ1v) is 10.8. The number of hydrogen-bond donors (Lipinski definition) is 2. The SMILES string of the molecule is CN=C(NCC1(c2cccc(C)c2)CCCC1)N1CCC(CC(=O)NC)CC1.I. The van der Waals surface area contributed by atoms with Gasteiger partial charge in [0.15, 0.2) is 5.96 Å². The molecule has 1 aliphatic heterocycles. The topological polar surface area (TPSA) is 56.7 Å². The number of aliphatic imine (C=N–C) groups is 1. The quantitative estimate of drug-likeness (QED) is 0.358. The van der Waals surface area contributed by atoms with E-state index in [-0.39, 0.29) is 35.3 Å². The first kappa shape index (κ1) is 24.0. The van der Waals surface area contributed by atoms with Gasteiger partial charge in [-0.05, 0) is 44.1 Å². The van der Waals surface area contributed by atoms with Crippen molar-refractivity contribution in [3.05, 3.63) is 35.4 Å². The Labute approximate surface area is 193 Å². The number of carbonyl (C=O) groups excluding carboxylic acids is 1. The second-order valence-corrected chi connectivity index (χ2v) is 8.57. The highest BCUT2D eigenvalue weighted by Crippen LogP contribution is 2.41. The Kier molecular flexibility index (Phi) is 9.24. The molecule has 2 aliphatic rings. The fourth-order valence-corrected chi connectivity index (χ4v) is 4.89. The third-order valence-electron chi connectivity index (χ3n) is 6.65. The monoisotopic (exact) mass is 512 g/mol. The van der Waals surface area contributed by atoms with Crippen molar-refractivity contribution in [2.75, 3.05) is 33.7 Å². The van der Waals surface area contributed by atoms with Gasteiger partial charge < -0.3 is 15.5 Å². The van der Waals surface area contributed by atoms with E-state index in [0.717, 1.165) is 38.4 Å². The van der Waals surface area contributed by atoms with Crippen LogP contribution in [0.5, 0.6) is 0 Å². The Hall–Kier alpha value is -1.31. The molecule has 1 heterocycles. The van der Waals surface area contributed by atoms with Crippen molar-refractivity contribution >= 4 is 35.8 Å². The van der Waals surface area contributed by atoms with Gasteiger partial charge in [0.05, 0.1) is 0 Å². The fraction of sp³-hybridized carbons (Fsp3) is 0.652.